The number of nitrogens with zero attached hydrogens (tertiary/aromatic N) is 2. The van der Waals surface area contributed by atoms with Gasteiger partial charge in [-0.05, 0) is 61.8 Å². The normalized spacial score (nSPS) is 19.9. The van der Waals surface area contributed by atoms with Crippen LogP contribution in [0.2, 0.25) is 0 Å². The van der Waals surface area contributed by atoms with Crippen LogP contribution < -0.4 is 5.32 Å². The summed E-state index contributed by atoms with van der Waals surface area (Å²) in [6.45, 7) is 9.33. The number of hydrogen-bond acceptors (Lipinski definition) is 3. The number of piperidine rings is 1. The molecular weight excluding hydrogens is 386 g/mol. The van der Waals surface area contributed by atoms with Gasteiger partial charge in [0.2, 0.25) is 0 Å². The maximum atomic E-state index is 13.0. The number of amides is 1. The summed E-state index contributed by atoms with van der Waals surface area (Å²) in [5, 5.41) is 13.5. The number of likely N-dealkylation sites (tertiary alicyclic amines) is 1. The van der Waals surface area contributed by atoms with Crippen molar-refractivity contribution in [1.29, 1.82) is 0 Å². The summed E-state index contributed by atoms with van der Waals surface area (Å²) in [7, 11) is 0. The molecule has 2 aliphatic heterocycles. The highest BCUT2D eigenvalue weighted by molar-refractivity contribution is 5.99. The number of aliphatic hydroxyl groups excluding tert-OH is 1. The summed E-state index contributed by atoms with van der Waals surface area (Å²) in [5.41, 5.74) is 5.01. The van der Waals surface area contributed by atoms with Gasteiger partial charge in [0.05, 0.1) is 6.10 Å². The van der Waals surface area contributed by atoms with Gasteiger partial charge < -0.3 is 19.9 Å². The molecule has 0 atom stereocenters. The average Bonchev–Trinajstić information content (AvgIpc) is 3.40. The summed E-state index contributed by atoms with van der Waals surface area (Å²) in [6.07, 6.45) is 9.07. The van der Waals surface area contributed by atoms with E-state index in [4.69, 9.17) is 5.11 Å². The highest BCUT2D eigenvalue weighted by Crippen LogP contribution is 2.30. The average molecular weight is 426 g/mol. The zero-order chi connectivity index (χ0) is 21.8. The van der Waals surface area contributed by atoms with Gasteiger partial charge in [-0.2, -0.15) is 0 Å². The van der Waals surface area contributed by atoms with Crippen LogP contribution in [0.3, 0.4) is 0 Å². The van der Waals surface area contributed by atoms with Crippen molar-refractivity contribution in [3.05, 3.63) is 35.0 Å². The third-order valence-electron chi connectivity index (χ3n) is 7.22. The van der Waals surface area contributed by atoms with Gasteiger partial charge in [0, 0.05) is 61.3 Å². The number of carbonyl (C=O) groups excluding carboxylic acids is 1. The first-order valence-corrected chi connectivity index (χ1v) is 12.4. The molecule has 1 aliphatic carbocycles. The third kappa shape index (κ3) is 4.98. The van der Waals surface area contributed by atoms with Gasteiger partial charge in [-0.1, -0.05) is 26.7 Å². The van der Waals surface area contributed by atoms with E-state index in [1.807, 2.05) is 11.0 Å². The van der Waals surface area contributed by atoms with E-state index in [1.165, 1.54) is 35.0 Å². The van der Waals surface area contributed by atoms with E-state index in [2.05, 4.69) is 35.9 Å². The van der Waals surface area contributed by atoms with E-state index in [0.717, 1.165) is 82.7 Å². The third-order valence-corrected chi connectivity index (χ3v) is 7.22. The van der Waals surface area contributed by atoms with Crippen molar-refractivity contribution < 1.29 is 9.90 Å². The molecule has 5 rings (SSSR count). The van der Waals surface area contributed by atoms with E-state index >= 15 is 0 Å². The highest BCUT2D eigenvalue weighted by Gasteiger charge is 2.24. The van der Waals surface area contributed by atoms with Gasteiger partial charge >= 0.3 is 0 Å². The number of aliphatic hydroxyl groups is 1. The zero-order valence-electron chi connectivity index (χ0n) is 19.3. The van der Waals surface area contributed by atoms with E-state index < -0.39 is 0 Å². The van der Waals surface area contributed by atoms with Gasteiger partial charge in [-0.15, -0.1) is 0 Å². The molecule has 2 fully saturated rings. The fourth-order valence-electron chi connectivity index (χ4n) is 5.29. The topological polar surface area (TPSA) is 57.5 Å². The molecule has 1 amide bonds. The lowest BCUT2D eigenvalue weighted by Crippen LogP contribution is -2.37. The van der Waals surface area contributed by atoms with Crippen LogP contribution in [0.25, 0.3) is 10.9 Å². The van der Waals surface area contributed by atoms with Crippen molar-refractivity contribution in [2.45, 2.75) is 84.4 Å². The molecule has 3 aliphatic rings. The molecule has 3 heterocycles. The van der Waals surface area contributed by atoms with Gasteiger partial charge in [0.15, 0.2) is 0 Å². The van der Waals surface area contributed by atoms with E-state index in [-0.39, 0.29) is 12.0 Å². The first-order valence-electron chi connectivity index (χ1n) is 12.4. The molecule has 1 aromatic carbocycles. The molecule has 5 nitrogen and oxygen atoms in total. The van der Waals surface area contributed by atoms with Gasteiger partial charge in [0.1, 0.15) is 0 Å². The van der Waals surface area contributed by atoms with Crippen molar-refractivity contribution in [3.63, 3.8) is 0 Å². The fraction of sp³-hybridized carbons (Fsp3) is 0.654. The first kappa shape index (κ1) is 22.3. The van der Waals surface area contributed by atoms with E-state index in [1.54, 1.807) is 0 Å². The van der Waals surface area contributed by atoms with Crippen LogP contribution in [0.5, 0.6) is 0 Å². The second-order valence-electron chi connectivity index (χ2n) is 9.65. The first-order chi connectivity index (χ1) is 15.1. The molecule has 0 unspecified atom stereocenters. The van der Waals surface area contributed by atoms with Crippen LogP contribution in [-0.4, -0.2) is 46.2 Å². The van der Waals surface area contributed by atoms with Crippen LogP contribution in [0.4, 0.5) is 0 Å². The van der Waals surface area contributed by atoms with Crippen molar-refractivity contribution in [2.24, 2.45) is 5.92 Å². The van der Waals surface area contributed by atoms with Crippen molar-refractivity contribution in [2.75, 3.05) is 19.6 Å². The van der Waals surface area contributed by atoms with E-state index in [9.17, 15) is 4.79 Å². The Bertz CT molecular complexity index is 890. The number of nitrogens with one attached hydrogen (secondary N) is 1. The van der Waals surface area contributed by atoms with Crippen molar-refractivity contribution in [1.82, 2.24) is 14.8 Å². The number of fused-ring (bicyclic) bond motifs is 3. The van der Waals surface area contributed by atoms with Crippen LogP contribution in [0.1, 0.15) is 80.4 Å². The monoisotopic (exact) mass is 425 g/mol. The molecule has 1 aromatic heterocycles. The summed E-state index contributed by atoms with van der Waals surface area (Å²) in [5.74, 6) is 0.947. The van der Waals surface area contributed by atoms with Gasteiger partial charge in [-0.25, -0.2) is 0 Å². The predicted octanol–water partition coefficient (Wildman–Crippen LogP) is 4.49. The minimum atomic E-state index is 0.0463. The molecule has 2 N–H and O–H groups in total. The molecule has 5 heteroatoms. The summed E-state index contributed by atoms with van der Waals surface area (Å²) < 4.78 is 2.47. The summed E-state index contributed by atoms with van der Waals surface area (Å²) in [4.78, 5) is 15.0. The Hall–Kier alpha value is -1.85. The van der Waals surface area contributed by atoms with Gasteiger partial charge in [-0.3, -0.25) is 4.79 Å². The lowest BCUT2D eigenvalue weighted by molar-refractivity contribution is 0.0697. The number of hydrogen-bond donors (Lipinski definition) is 2. The quantitative estimate of drug-likeness (QED) is 0.762. The van der Waals surface area contributed by atoms with Crippen molar-refractivity contribution >= 4 is 16.8 Å². The maximum absolute atomic E-state index is 13.0. The standard InChI is InChI=1S/C21H29N3O.C5H10O/c1-3-10-24-19-5-4-16(21(25)23-11-7-15(2)8-12-23)13-17(19)18-14-22-9-6-20(18)24;6-5-3-1-2-4-5/h4-5,13,15,22H,3,6-12,14H2,1-2H3;5-6H,1-4H2. The molecule has 1 saturated heterocycles. The number of aryl methyl sites for hydroxylation is 1. The Kier molecular flexibility index (Phi) is 7.34. The van der Waals surface area contributed by atoms with Crippen LogP contribution in [-0.2, 0) is 19.5 Å². The Labute approximate surface area is 186 Å². The largest absolute Gasteiger partial charge is 0.393 e. The molecule has 0 spiro atoms. The molecule has 0 bridgehead atoms. The Balaban J connectivity index is 0.000000334. The molecule has 2 aromatic rings. The zero-order valence-corrected chi connectivity index (χ0v) is 19.3. The number of aromatic nitrogens is 1. The minimum absolute atomic E-state index is 0.0463. The second-order valence-corrected chi connectivity index (χ2v) is 9.65. The SMILES string of the molecule is CCCn1c2c(c3cc(C(=O)N4CCC(C)CC4)ccc31)CNCC2.OC1CCCC1. The lowest BCUT2D eigenvalue weighted by Gasteiger charge is -2.30. The van der Waals surface area contributed by atoms with Gasteiger partial charge in [0.25, 0.3) is 5.91 Å². The van der Waals surface area contributed by atoms with Crippen LogP contribution >= 0.6 is 0 Å². The molecule has 31 heavy (non-hydrogen) atoms. The summed E-state index contributed by atoms with van der Waals surface area (Å²) in [6, 6.07) is 6.35. The maximum Gasteiger partial charge on any atom is 0.253 e. The number of rotatable bonds is 3. The summed E-state index contributed by atoms with van der Waals surface area (Å²) >= 11 is 0. The van der Waals surface area contributed by atoms with Crippen LogP contribution in [0, 0.1) is 5.92 Å². The predicted molar refractivity (Wildman–Crippen MR) is 126 cm³/mol. The van der Waals surface area contributed by atoms with E-state index in [0.29, 0.717) is 0 Å². The van der Waals surface area contributed by atoms with Crippen molar-refractivity contribution in [3.8, 4) is 0 Å². The van der Waals surface area contributed by atoms with Crippen LogP contribution in [0.15, 0.2) is 18.2 Å². The Morgan fingerprint density at radius 2 is 1.90 bits per heavy atom. The molecular formula is C26H39N3O2. The Morgan fingerprint density at radius 3 is 2.55 bits per heavy atom. The smallest absolute Gasteiger partial charge is 0.253 e. The number of carbonyl (C=O) groups is 1. The molecule has 0 radical (unpaired) electrons. The lowest BCUT2D eigenvalue weighted by atomic mass is 9.98. The molecule has 1 saturated carbocycles. The fourth-order valence-corrected chi connectivity index (χ4v) is 5.29. The molecule has 170 valence electrons. The second kappa shape index (κ2) is 10.2. The minimum Gasteiger partial charge on any atom is -0.393 e. The highest BCUT2D eigenvalue weighted by atomic mass is 16.3. The Morgan fingerprint density at radius 1 is 1.16 bits per heavy atom. The number of benzene rings is 1.